The van der Waals surface area contributed by atoms with Crippen LogP contribution in [0, 0.1) is 11.2 Å². The molecule has 11 heavy (non-hydrogen) atoms. The highest BCUT2D eigenvalue weighted by molar-refractivity contribution is 5.95. The van der Waals surface area contributed by atoms with E-state index in [-0.39, 0.29) is 11.5 Å². The molecule has 0 bridgehead atoms. The first-order chi connectivity index (χ1) is 5.11. The van der Waals surface area contributed by atoms with E-state index in [1.807, 2.05) is 0 Å². The minimum Gasteiger partial charge on any atom is -0.505 e. The maximum absolute atomic E-state index is 12.3. The van der Waals surface area contributed by atoms with Gasteiger partial charge in [0.05, 0.1) is 6.20 Å². The molecule has 1 heterocycles. The number of aromatic nitrogens is 1. The van der Waals surface area contributed by atoms with Crippen LogP contribution in [0.5, 0.6) is 5.75 Å². The molecule has 0 aromatic carbocycles. The van der Waals surface area contributed by atoms with E-state index in [0.717, 1.165) is 12.3 Å². The molecule has 0 aliphatic heterocycles. The lowest BCUT2D eigenvalue weighted by atomic mass is 10.3. The summed E-state index contributed by atoms with van der Waals surface area (Å²) < 4.78 is 12.3. The normalized spacial score (nSPS) is 9.55. The van der Waals surface area contributed by atoms with E-state index in [0.29, 0.717) is 0 Å². The monoisotopic (exact) mass is 155 g/mol. The number of hydrogen-bond donors (Lipinski definition) is 3. The Bertz CT molecular complexity index is 300. The summed E-state index contributed by atoms with van der Waals surface area (Å²) in [5, 5.41) is 15.8. The van der Waals surface area contributed by atoms with Gasteiger partial charge in [0.25, 0.3) is 0 Å². The quantitative estimate of drug-likeness (QED) is 0.400. The molecular weight excluding hydrogens is 149 g/mol. The van der Waals surface area contributed by atoms with Crippen molar-refractivity contribution < 1.29 is 9.50 Å². The SMILES string of the molecule is N=C(N)c1ncc(F)cc1O. The fourth-order valence-electron chi connectivity index (χ4n) is 0.636. The lowest BCUT2D eigenvalue weighted by molar-refractivity contribution is 0.463. The van der Waals surface area contributed by atoms with Gasteiger partial charge >= 0.3 is 0 Å². The smallest absolute Gasteiger partial charge is 0.147 e. The average molecular weight is 155 g/mol. The highest BCUT2D eigenvalue weighted by atomic mass is 19.1. The summed E-state index contributed by atoms with van der Waals surface area (Å²) in [6.07, 6.45) is 0.885. The van der Waals surface area contributed by atoms with Gasteiger partial charge in [-0.15, -0.1) is 0 Å². The van der Waals surface area contributed by atoms with Gasteiger partial charge < -0.3 is 10.8 Å². The van der Waals surface area contributed by atoms with E-state index in [1.165, 1.54) is 0 Å². The van der Waals surface area contributed by atoms with Crippen molar-refractivity contribution in [2.45, 2.75) is 0 Å². The van der Waals surface area contributed by atoms with Crippen molar-refractivity contribution in [3.8, 4) is 5.75 Å². The van der Waals surface area contributed by atoms with Gasteiger partial charge in [0, 0.05) is 6.07 Å². The number of halogens is 1. The summed E-state index contributed by atoms with van der Waals surface area (Å²) in [4.78, 5) is 3.40. The van der Waals surface area contributed by atoms with Crippen molar-refractivity contribution in [1.82, 2.24) is 4.98 Å². The van der Waals surface area contributed by atoms with E-state index < -0.39 is 11.6 Å². The van der Waals surface area contributed by atoms with E-state index in [9.17, 15) is 4.39 Å². The number of aromatic hydroxyl groups is 1. The lowest BCUT2D eigenvalue weighted by Crippen LogP contribution is -2.13. The highest BCUT2D eigenvalue weighted by Crippen LogP contribution is 2.13. The molecule has 0 unspecified atom stereocenters. The van der Waals surface area contributed by atoms with Crippen molar-refractivity contribution in [2.24, 2.45) is 5.73 Å². The number of amidine groups is 1. The summed E-state index contributed by atoms with van der Waals surface area (Å²) in [6.45, 7) is 0. The van der Waals surface area contributed by atoms with Crippen LogP contribution in [-0.2, 0) is 0 Å². The maximum Gasteiger partial charge on any atom is 0.147 e. The molecule has 58 valence electrons. The van der Waals surface area contributed by atoms with Gasteiger partial charge in [-0.2, -0.15) is 0 Å². The Labute approximate surface area is 62.0 Å². The van der Waals surface area contributed by atoms with Gasteiger partial charge in [-0.1, -0.05) is 0 Å². The summed E-state index contributed by atoms with van der Waals surface area (Å²) in [7, 11) is 0. The number of nitrogens with zero attached hydrogens (tertiary/aromatic N) is 1. The van der Waals surface area contributed by atoms with Crippen LogP contribution in [0.2, 0.25) is 0 Å². The third kappa shape index (κ3) is 1.43. The van der Waals surface area contributed by atoms with E-state index in [1.54, 1.807) is 0 Å². The Morgan fingerprint density at radius 1 is 1.73 bits per heavy atom. The van der Waals surface area contributed by atoms with Crippen LogP contribution >= 0.6 is 0 Å². The summed E-state index contributed by atoms with van der Waals surface area (Å²) in [5.41, 5.74) is 4.90. The van der Waals surface area contributed by atoms with Crippen LogP contribution in [0.4, 0.5) is 4.39 Å². The van der Waals surface area contributed by atoms with Crippen molar-refractivity contribution >= 4 is 5.84 Å². The zero-order valence-corrected chi connectivity index (χ0v) is 5.50. The molecule has 1 aromatic heterocycles. The van der Waals surface area contributed by atoms with Crippen molar-refractivity contribution in [2.75, 3.05) is 0 Å². The standard InChI is InChI=1S/C6H6FN3O/c7-3-1-4(11)5(6(8)9)10-2-3/h1-2,11H,(H3,8,9). The zero-order chi connectivity index (χ0) is 8.43. The number of hydrogen-bond acceptors (Lipinski definition) is 3. The third-order valence-corrected chi connectivity index (χ3v) is 1.09. The minimum absolute atomic E-state index is 0.105. The molecule has 0 fully saturated rings. The van der Waals surface area contributed by atoms with E-state index in [2.05, 4.69) is 4.98 Å². The molecule has 0 saturated heterocycles. The second-order valence-electron chi connectivity index (χ2n) is 1.93. The molecule has 0 saturated carbocycles. The first kappa shape index (κ1) is 7.46. The van der Waals surface area contributed by atoms with Crippen molar-refractivity contribution in [1.29, 1.82) is 5.41 Å². The summed E-state index contributed by atoms with van der Waals surface area (Å²) in [6, 6.07) is 0.851. The molecule has 1 rings (SSSR count). The molecule has 4 N–H and O–H groups in total. The van der Waals surface area contributed by atoms with E-state index >= 15 is 0 Å². The Balaban J connectivity index is 3.20. The van der Waals surface area contributed by atoms with E-state index in [4.69, 9.17) is 16.2 Å². The van der Waals surface area contributed by atoms with Crippen LogP contribution in [0.1, 0.15) is 5.69 Å². The van der Waals surface area contributed by atoms with Gasteiger partial charge in [-0.05, 0) is 0 Å². The van der Waals surface area contributed by atoms with Crippen LogP contribution in [0.3, 0.4) is 0 Å². The Morgan fingerprint density at radius 2 is 2.36 bits per heavy atom. The largest absolute Gasteiger partial charge is 0.505 e. The maximum atomic E-state index is 12.3. The predicted molar refractivity (Wildman–Crippen MR) is 36.9 cm³/mol. The zero-order valence-electron chi connectivity index (χ0n) is 5.50. The number of pyridine rings is 1. The van der Waals surface area contributed by atoms with Gasteiger partial charge in [0.1, 0.15) is 23.1 Å². The molecule has 0 radical (unpaired) electrons. The Hall–Kier alpha value is -1.65. The number of rotatable bonds is 1. The summed E-state index contributed by atoms with van der Waals surface area (Å²) >= 11 is 0. The van der Waals surface area contributed by atoms with Gasteiger partial charge in [-0.25, -0.2) is 9.37 Å². The fourth-order valence-corrected chi connectivity index (χ4v) is 0.636. The molecule has 0 aliphatic rings. The second-order valence-corrected chi connectivity index (χ2v) is 1.93. The third-order valence-electron chi connectivity index (χ3n) is 1.09. The molecular formula is C6H6FN3O. The lowest BCUT2D eigenvalue weighted by Gasteiger charge is -1.99. The number of nitrogen functional groups attached to an aromatic ring is 1. The van der Waals surface area contributed by atoms with Crippen LogP contribution in [0.25, 0.3) is 0 Å². The van der Waals surface area contributed by atoms with Crippen LogP contribution in [-0.4, -0.2) is 15.9 Å². The van der Waals surface area contributed by atoms with Gasteiger partial charge in [0.2, 0.25) is 0 Å². The van der Waals surface area contributed by atoms with Crippen LogP contribution < -0.4 is 5.73 Å². The molecule has 0 aliphatic carbocycles. The highest BCUT2D eigenvalue weighted by Gasteiger charge is 2.05. The van der Waals surface area contributed by atoms with Gasteiger partial charge in [-0.3, -0.25) is 5.41 Å². The van der Waals surface area contributed by atoms with Crippen LogP contribution in [0.15, 0.2) is 12.3 Å². The fraction of sp³-hybridized carbons (Fsp3) is 0. The molecule has 5 heteroatoms. The molecule has 0 spiro atoms. The topological polar surface area (TPSA) is 83.0 Å². The Morgan fingerprint density at radius 3 is 2.82 bits per heavy atom. The number of nitrogens with two attached hydrogens (primary N) is 1. The first-order valence-corrected chi connectivity index (χ1v) is 2.80. The van der Waals surface area contributed by atoms with Crippen molar-refractivity contribution in [3.05, 3.63) is 23.8 Å². The minimum atomic E-state index is -0.660. The van der Waals surface area contributed by atoms with Crippen molar-refractivity contribution in [3.63, 3.8) is 0 Å². The molecule has 0 atom stereocenters. The Kier molecular flexibility index (Phi) is 1.72. The number of nitrogens with one attached hydrogen (secondary N) is 1. The molecule has 0 amide bonds. The predicted octanol–water partition coefficient (Wildman–Crippen LogP) is 0.210. The average Bonchev–Trinajstić information content (AvgIpc) is 1.85. The van der Waals surface area contributed by atoms with Gasteiger partial charge in [0.15, 0.2) is 0 Å². The first-order valence-electron chi connectivity index (χ1n) is 2.80. The summed E-state index contributed by atoms with van der Waals surface area (Å²) in [5.74, 6) is -1.47. The second kappa shape index (κ2) is 2.53. The molecule has 1 aromatic rings. The molecule has 4 nitrogen and oxygen atoms in total.